The summed E-state index contributed by atoms with van der Waals surface area (Å²) >= 11 is 9.29. The molecule has 0 radical (unpaired) electrons. The van der Waals surface area contributed by atoms with Crippen molar-refractivity contribution in [2.45, 2.75) is 6.92 Å². The Morgan fingerprint density at radius 2 is 1.90 bits per heavy atom. The Labute approximate surface area is 134 Å². The van der Waals surface area contributed by atoms with Crippen molar-refractivity contribution in [2.75, 3.05) is 0 Å². The lowest BCUT2D eigenvalue weighted by Gasteiger charge is -2.02. The molecule has 0 saturated carbocycles. The van der Waals surface area contributed by atoms with Crippen LogP contribution in [0, 0.1) is 6.92 Å². The van der Waals surface area contributed by atoms with Gasteiger partial charge >= 0.3 is 5.97 Å². The number of carbonyl (C=O) groups is 1. The van der Waals surface area contributed by atoms with Crippen LogP contribution in [0.1, 0.15) is 16.1 Å². The largest absolute Gasteiger partial charge is 0.449 e. The maximum Gasteiger partial charge on any atom is 0.379 e. The predicted molar refractivity (Wildman–Crippen MR) is 85.1 cm³/mol. The van der Waals surface area contributed by atoms with E-state index in [4.69, 9.17) is 20.8 Å². The zero-order valence-corrected chi connectivity index (χ0v) is 13.4. The highest BCUT2D eigenvalue weighted by Gasteiger charge is 2.19. The number of fused-ring (bicyclic) bond motifs is 1. The van der Waals surface area contributed by atoms with E-state index in [0.29, 0.717) is 16.4 Å². The molecule has 0 aliphatic rings. The first-order valence-electron chi connectivity index (χ1n) is 6.21. The Bertz CT molecular complexity index is 821. The second-order valence-electron chi connectivity index (χ2n) is 4.54. The van der Waals surface area contributed by atoms with Gasteiger partial charge in [0, 0.05) is 20.4 Å². The van der Waals surface area contributed by atoms with E-state index in [1.165, 1.54) is 0 Å². The first-order valence-corrected chi connectivity index (χ1v) is 7.38. The summed E-state index contributed by atoms with van der Waals surface area (Å²) in [7, 11) is 0. The van der Waals surface area contributed by atoms with Gasteiger partial charge in [-0.1, -0.05) is 27.5 Å². The molecule has 0 saturated heterocycles. The average molecular weight is 366 g/mol. The molecule has 0 N–H and O–H groups in total. The standard InChI is InChI=1S/C16H10BrClO3/c1-9-13-8-11(18)4-7-14(13)21-15(9)16(19)20-12-5-2-10(17)3-6-12/h2-8H,1H3. The molecule has 0 atom stereocenters. The van der Waals surface area contributed by atoms with Gasteiger partial charge in [0.1, 0.15) is 11.3 Å². The van der Waals surface area contributed by atoms with Crippen LogP contribution in [0.3, 0.4) is 0 Å². The van der Waals surface area contributed by atoms with Crippen LogP contribution in [0.25, 0.3) is 11.0 Å². The number of ether oxygens (including phenoxy) is 1. The van der Waals surface area contributed by atoms with Crippen LogP contribution in [0.15, 0.2) is 51.4 Å². The lowest BCUT2D eigenvalue weighted by Crippen LogP contribution is -2.08. The average Bonchev–Trinajstić information content (AvgIpc) is 2.79. The van der Waals surface area contributed by atoms with Crippen molar-refractivity contribution in [2.24, 2.45) is 0 Å². The minimum absolute atomic E-state index is 0.190. The zero-order valence-electron chi connectivity index (χ0n) is 11.0. The van der Waals surface area contributed by atoms with E-state index in [0.717, 1.165) is 15.4 Å². The molecule has 0 fully saturated rings. The van der Waals surface area contributed by atoms with Gasteiger partial charge in [-0.15, -0.1) is 0 Å². The molecule has 5 heteroatoms. The third-order valence-electron chi connectivity index (χ3n) is 3.11. The molecule has 2 aromatic carbocycles. The van der Waals surface area contributed by atoms with Gasteiger partial charge in [-0.2, -0.15) is 0 Å². The molecule has 0 spiro atoms. The SMILES string of the molecule is Cc1c(C(=O)Oc2ccc(Br)cc2)oc2ccc(Cl)cc12. The molecule has 1 aromatic heterocycles. The lowest BCUT2D eigenvalue weighted by molar-refractivity contribution is 0.0703. The van der Waals surface area contributed by atoms with Gasteiger partial charge in [0.25, 0.3) is 0 Å². The number of esters is 1. The Morgan fingerprint density at radius 1 is 1.19 bits per heavy atom. The summed E-state index contributed by atoms with van der Waals surface area (Å²) in [6, 6.07) is 12.2. The molecule has 0 aliphatic carbocycles. The Kier molecular flexibility index (Phi) is 3.74. The number of aryl methyl sites for hydroxylation is 1. The Balaban J connectivity index is 1.94. The van der Waals surface area contributed by atoms with Crippen LogP contribution in [-0.4, -0.2) is 5.97 Å². The maximum absolute atomic E-state index is 12.2. The maximum atomic E-state index is 12.2. The number of hydrogen-bond donors (Lipinski definition) is 0. The highest BCUT2D eigenvalue weighted by Crippen LogP contribution is 2.28. The number of benzene rings is 2. The second kappa shape index (κ2) is 5.54. The summed E-state index contributed by atoms with van der Waals surface area (Å²) in [5.41, 5.74) is 1.33. The molecular weight excluding hydrogens is 356 g/mol. The van der Waals surface area contributed by atoms with Gasteiger partial charge in [0.05, 0.1) is 0 Å². The van der Waals surface area contributed by atoms with Crippen LogP contribution < -0.4 is 4.74 Å². The fourth-order valence-corrected chi connectivity index (χ4v) is 2.48. The molecule has 21 heavy (non-hydrogen) atoms. The summed E-state index contributed by atoms with van der Waals surface area (Å²) in [4.78, 5) is 12.2. The first-order chi connectivity index (χ1) is 10.0. The number of halogens is 2. The summed E-state index contributed by atoms with van der Waals surface area (Å²) in [6.45, 7) is 1.81. The van der Waals surface area contributed by atoms with Gasteiger partial charge in [0.2, 0.25) is 5.76 Å². The van der Waals surface area contributed by atoms with Crippen molar-refractivity contribution in [3.05, 3.63) is 63.3 Å². The van der Waals surface area contributed by atoms with Crippen LogP contribution in [-0.2, 0) is 0 Å². The molecule has 1 heterocycles. The monoisotopic (exact) mass is 364 g/mol. The smallest absolute Gasteiger partial charge is 0.379 e. The van der Waals surface area contributed by atoms with E-state index in [2.05, 4.69) is 15.9 Å². The highest BCUT2D eigenvalue weighted by atomic mass is 79.9. The van der Waals surface area contributed by atoms with Crippen LogP contribution in [0.5, 0.6) is 5.75 Å². The molecule has 0 aliphatic heterocycles. The van der Waals surface area contributed by atoms with Crippen molar-refractivity contribution in [1.29, 1.82) is 0 Å². The molecular formula is C16H10BrClO3. The number of furan rings is 1. The first kappa shape index (κ1) is 14.2. The van der Waals surface area contributed by atoms with Crippen molar-refractivity contribution < 1.29 is 13.9 Å². The van der Waals surface area contributed by atoms with Crippen molar-refractivity contribution in [1.82, 2.24) is 0 Å². The molecule has 3 rings (SSSR count). The van der Waals surface area contributed by atoms with Gasteiger partial charge in [-0.05, 0) is 49.4 Å². The number of rotatable bonds is 2. The fraction of sp³-hybridized carbons (Fsp3) is 0.0625. The van der Waals surface area contributed by atoms with E-state index in [-0.39, 0.29) is 5.76 Å². The summed E-state index contributed by atoms with van der Waals surface area (Å²) in [6.07, 6.45) is 0. The second-order valence-corrected chi connectivity index (χ2v) is 5.89. The Hall–Kier alpha value is -1.78. The van der Waals surface area contributed by atoms with E-state index in [1.807, 2.05) is 0 Å². The van der Waals surface area contributed by atoms with E-state index in [1.54, 1.807) is 49.4 Å². The third-order valence-corrected chi connectivity index (χ3v) is 3.87. The van der Waals surface area contributed by atoms with Crippen LogP contribution in [0.4, 0.5) is 0 Å². The van der Waals surface area contributed by atoms with Gasteiger partial charge in [-0.25, -0.2) is 4.79 Å². The topological polar surface area (TPSA) is 39.4 Å². The molecule has 0 unspecified atom stereocenters. The summed E-state index contributed by atoms with van der Waals surface area (Å²) < 4.78 is 11.8. The Morgan fingerprint density at radius 3 is 2.62 bits per heavy atom. The fourth-order valence-electron chi connectivity index (χ4n) is 2.04. The van der Waals surface area contributed by atoms with E-state index >= 15 is 0 Å². The quantitative estimate of drug-likeness (QED) is 0.452. The van der Waals surface area contributed by atoms with E-state index in [9.17, 15) is 4.79 Å². The van der Waals surface area contributed by atoms with Crippen LogP contribution in [0.2, 0.25) is 5.02 Å². The number of hydrogen-bond acceptors (Lipinski definition) is 3. The highest BCUT2D eigenvalue weighted by molar-refractivity contribution is 9.10. The summed E-state index contributed by atoms with van der Waals surface area (Å²) in [5.74, 6) is 0.124. The number of carbonyl (C=O) groups excluding carboxylic acids is 1. The van der Waals surface area contributed by atoms with Gasteiger partial charge < -0.3 is 9.15 Å². The predicted octanol–water partition coefficient (Wildman–Crippen LogP) is 5.38. The molecule has 106 valence electrons. The lowest BCUT2D eigenvalue weighted by atomic mass is 10.1. The zero-order chi connectivity index (χ0) is 15.0. The van der Waals surface area contributed by atoms with Crippen molar-refractivity contribution in [3.63, 3.8) is 0 Å². The van der Waals surface area contributed by atoms with Crippen molar-refractivity contribution >= 4 is 44.5 Å². The van der Waals surface area contributed by atoms with Gasteiger partial charge in [0.15, 0.2) is 0 Å². The van der Waals surface area contributed by atoms with Crippen molar-refractivity contribution in [3.8, 4) is 5.75 Å². The van der Waals surface area contributed by atoms with Crippen LogP contribution >= 0.6 is 27.5 Å². The minimum atomic E-state index is -0.526. The van der Waals surface area contributed by atoms with Gasteiger partial charge in [-0.3, -0.25) is 0 Å². The molecule has 3 nitrogen and oxygen atoms in total. The van der Waals surface area contributed by atoms with E-state index < -0.39 is 5.97 Å². The summed E-state index contributed by atoms with van der Waals surface area (Å²) in [5, 5.41) is 1.41. The molecule has 0 bridgehead atoms. The molecule has 0 amide bonds. The molecule has 3 aromatic rings. The minimum Gasteiger partial charge on any atom is -0.449 e. The third kappa shape index (κ3) is 2.82. The normalized spacial score (nSPS) is 10.8.